The Hall–Kier alpha value is -1.22. The zero-order valence-corrected chi connectivity index (χ0v) is 16.7. The molecule has 24 heavy (non-hydrogen) atoms. The monoisotopic (exact) mass is 344 g/mol. The molecule has 132 valence electrons. The van der Waals surface area contributed by atoms with Crippen molar-refractivity contribution < 1.29 is 0 Å². The molecular weight excluding hydrogens is 312 g/mol. The molecule has 0 aromatic heterocycles. The summed E-state index contributed by atoms with van der Waals surface area (Å²) in [6, 6.07) is 6.71. The first kappa shape index (κ1) is 19.1. The molecule has 0 fully saturated rings. The fraction of sp³-hybridized carbons (Fsp3) is 0.571. The molecule has 3 heteroatoms. The highest BCUT2D eigenvalue weighted by Crippen LogP contribution is 2.34. The van der Waals surface area contributed by atoms with Crippen molar-refractivity contribution in [2.45, 2.75) is 58.8 Å². The number of para-hydroxylation sites is 1. The molecule has 0 spiro atoms. The maximum atomic E-state index is 4.86. The van der Waals surface area contributed by atoms with Gasteiger partial charge in [-0.3, -0.25) is 4.99 Å². The van der Waals surface area contributed by atoms with Crippen LogP contribution in [0.5, 0.6) is 0 Å². The first-order valence-electron chi connectivity index (χ1n) is 9.17. The minimum absolute atomic E-state index is 0.507. The minimum Gasteiger partial charge on any atom is -0.354 e. The highest BCUT2D eigenvalue weighted by atomic mass is 32.2. The van der Waals surface area contributed by atoms with Crippen LogP contribution in [0, 0.1) is 0 Å². The lowest BCUT2D eigenvalue weighted by atomic mass is 9.92. The summed E-state index contributed by atoms with van der Waals surface area (Å²) in [6.45, 7) is 10.00. The predicted molar refractivity (Wildman–Crippen MR) is 111 cm³/mol. The van der Waals surface area contributed by atoms with Crippen molar-refractivity contribution in [2.24, 2.45) is 4.99 Å². The summed E-state index contributed by atoms with van der Waals surface area (Å²) in [4.78, 5) is 4.86. The molecule has 0 radical (unpaired) electrons. The third-order valence-corrected chi connectivity index (χ3v) is 5.10. The standard InChI is InChI=1S/C21H32N2S/c1-15(2)17-9-8-10-18(16(3)4)21(17)23-20-12-7-6-11-19(20)22-13-14-24-5/h8-10,12,15-16,23H,6-7,11,13-14H2,1-5H3. The molecule has 2 nitrogen and oxygen atoms in total. The van der Waals surface area contributed by atoms with E-state index in [9.17, 15) is 0 Å². The van der Waals surface area contributed by atoms with E-state index in [1.807, 2.05) is 11.8 Å². The number of nitrogens with zero attached hydrogens (tertiary/aromatic N) is 1. The van der Waals surface area contributed by atoms with E-state index in [1.165, 1.54) is 34.6 Å². The molecule has 0 heterocycles. The molecule has 1 N–H and O–H groups in total. The van der Waals surface area contributed by atoms with Gasteiger partial charge in [-0.1, -0.05) is 52.0 Å². The third-order valence-electron chi connectivity index (χ3n) is 4.51. The molecule has 0 atom stereocenters. The van der Waals surface area contributed by atoms with Gasteiger partial charge in [-0.05, 0) is 48.5 Å². The number of thioether (sulfide) groups is 1. The van der Waals surface area contributed by atoms with Gasteiger partial charge in [0.15, 0.2) is 0 Å². The molecule has 1 aromatic carbocycles. The maximum Gasteiger partial charge on any atom is 0.0580 e. The summed E-state index contributed by atoms with van der Waals surface area (Å²) in [5.41, 5.74) is 6.58. The summed E-state index contributed by atoms with van der Waals surface area (Å²) >= 11 is 1.86. The lowest BCUT2D eigenvalue weighted by Crippen LogP contribution is -2.18. The van der Waals surface area contributed by atoms with Crippen LogP contribution < -0.4 is 5.32 Å². The fourth-order valence-electron chi connectivity index (χ4n) is 3.16. The van der Waals surface area contributed by atoms with E-state index in [0.29, 0.717) is 11.8 Å². The molecule has 1 aliphatic carbocycles. The van der Waals surface area contributed by atoms with Gasteiger partial charge >= 0.3 is 0 Å². The van der Waals surface area contributed by atoms with Crippen molar-refractivity contribution in [3.05, 3.63) is 41.1 Å². The van der Waals surface area contributed by atoms with Crippen molar-refractivity contribution in [3.8, 4) is 0 Å². The number of rotatable bonds is 7. The number of anilines is 1. The van der Waals surface area contributed by atoms with Crippen LogP contribution in [0.3, 0.4) is 0 Å². The van der Waals surface area contributed by atoms with Gasteiger partial charge in [0.25, 0.3) is 0 Å². The Kier molecular flexibility index (Phi) is 7.41. The van der Waals surface area contributed by atoms with Crippen molar-refractivity contribution in [1.29, 1.82) is 0 Å². The van der Waals surface area contributed by atoms with Crippen molar-refractivity contribution in [3.63, 3.8) is 0 Å². The van der Waals surface area contributed by atoms with Gasteiger partial charge in [0.2, 0.25) is 0 Å². The summed E-state index contributed by atoms with van der Waals surface area (Å²) in [6.07, 6.45) is 7.93. The van der Waals surface area contributed by atoms with Gasteiger partial charge < -0.3 is 5.32 Å². The number of nitrogens with one attached hydrogen (secondary N) is 1. The van der Waals surface area contributed by atoms with Crippen LogP contribution in [0.1, 0.15) is 69.9 Å². The van der Waals surface area contributed by atoms with Gasteiger partial charge in [-0.25, -0.2) is 0 Å². The summed E-state index contributed by atoms with van der Waals surface area (Å²) in [7, 11) is 0. The number of allylic oxidation sites excluding steroid dienone is 2. The van der Waals surface area contributed by atoms with E-state index in [1.54, 1.807) is 0 Å². The average molecular weight is 345 g/mol. The normalized spacial score (nSPS) is 16.8. The number of hydrogen-bond donors (Lipinski definition) is 1. The molecule has 0 bridgehead atoms. The van der Waals surface area contributed by atoms with E-state index in [-0.39, 0.29) is 0 Å². The van der Waals surface area contributed by atoms with Gasteiger partial charge in [-0.15, -0.1) is 0 Å². The highest BCUT2D eigenvalue weighted by Gasteiger charge is 2.18. The van der Waals surface area contributed by atoms with Gasteiger partial charge in [0.1, 0.15) is 0 Å². The van der Waals surface area contributed by atoms with Crippen molar-refractivity contribution in [1.82, 2.24) is 0 Å². The zero-order valence-electron chi connectivity index (χ0n) is 15.9. The molecule has 0 unspecified atom stereocenters. The van der Waals surface area contributed by atoms with E-state index in [0.717, 1.165) is 25.1 Å². The second kappa shape index (κ2) is 9.31. The second-order valence-electron chi connectivity index (χ2n) is 7.08. The smallest absolute Gasteiger partial charge is 0.0580 e. The van der Waals surface area contributed by atoms with E-state index >= 15 is 0 Å². The van der Waals surface area contributed by atoms with E-state index in [4.69, 9.17) is 4.99 Å². The van der Waals surface area contributed by atoms with Crippen LogP contribution in [0.4, 0.5) is 5.69 Å². The fourth-order valence-corrected chi connectivity index (χ4v) is 3.43. The Bertz CT molecular complexity index is 574. The van der Waals surface area contributed by atoms with Gasteiger partial charge in [0.05, 0.1) is 11.4 Å². The quantitative estimate of drug-likeness (QED) is 0.594. The molecule has 1 aromatic rings. The third kappa shape index (κ3) is 4.89. The van der Waals surface area contributed by atoms with Crippen LogP contribution in [0.15, 0.2) is 35.0 Å². The van der Waals surface area contributed by atoms with Crippen LogP contribution in [0.2, 0.25) is 0 Å². The molecule has 1 aliphatic rings. The van der Waals surface area contributed by atoms with Crippen molar-refractivity contribution in [2.75, 3.05) is 23.9 Å². The number of aliphatic imine (C=N–C) groups is 1. The predicted octanol–water partition coefficient (Wildman–Crippen LogP) is 6.22. The Morgan fingerprint density at radius 1 is 1.12 bits per heavy atom. The largest absolute Gasteiger partial charge is 0.354 e. The van der Waals surface area contributed by atoms with E-state index in [2.05, 4.69) is 63.5 Å². The van der Waals surface area contributed by atoms with Crippen LogP contribution in [0.25, 0.3) is 0 Å². The maximum absolute atomic E-state index is 4.86. The van der Waals surface area contributed by atoms with Gasteiger partial charge in [0, 0.05) is 18.0 Å². The van der Waals surface area contributed by atoms with Gasteiger partial charge in [-0.2, -0.15) is 11.8 Å². The Morgan fingerprint density at radius 2 is 1.79 bits per heavy atom. The number of benzene rings is 1. The molecule has 0 aliphatic heterocycles. The molecular formula is C21H32N2S. The van der Waals surface area contributed by atoms with Crippen LogP contribution in [-0.4, -0.2) is 24.3 Å². The van der Waals surface area contributed by atoms with Crippen LogP contribution >= 0.6 is 11.8 Å². The lowest BCUT2D eigenvalue weighted by Gasteiger charge is -2.24. The first-order chi connectivity index (χ1) is 11.5. The summed E-state index contributed by atoms with van der Waals surface area (Å²) in [5.74, 6) is 2.11. The molecule has 0 amide bonds. The molecule has 0 saturated carbocycles. The summed E-state index contributed by atoms with van der Waals surface area (Å²) in [5, 5.41) is 3.78. The first-order valence-corrected chi connectivity index (χ1v) is 10.6. The highest BCUT2D eigenvalue weighted by molar-refractivity contribution is 7.98. The zero-order chi connectivity index (χ0) is 17.5. The Labute approximate surface area is 152 Å². The summed E-state index contributed by atoms with van der Waals surface area (Å²) < 4.78 is 0. The SMILES string of the molecule is CSCCN=C1CCCC=C1Nc1c(C(C)C)cccc1C(C)C. The lowest BCUT2D eigenvalue weighted by molar-refractivity contribution is 0.833. The topological polar surface area (TPSA) is 24.4 Å². The van der Waals surface area contributed by atoms with Crippen LogP contribution in [-0.2, 0) is 0 Å². The average Bonchev–Trinajstić information content (AvgIpc) is 2.56. The number of hydrogen-bond acceptors (Lipinski definition) is 3. The van der Waals surface area contributed by atoms with E-state index < -0.39 is 0 Å². The second-order valence-corrected chi connectivity index (χ2v) is 8.06. The molecule has 2 rings (SSSR count). The molecule has 0 saturated heterocycles. The Balaban J connectivity index is 2.34. The van der Waals surface area contributed by atoms with Crippen molar-refractivity contribution >= 4 is 23.2 Å². The Morgan fingerprint density at radius 3 is 2.38 bits per heavy atom. The minimum atomic E-state index is 0.507.